The van der Waals surface area contributed by atoms with Crippen molar-refractivity contribution >= 4 is 17.9 Å². The number of nitrogens with zero attached hydrogens (tertiary/aromatic N) is 2. The van der Waals surface area contributed by atoms with Crippen molar-refractivity contribution in [1.82, 2.24) is 4.90 Å². The summed E-state index contributed by atoms with van der Waals surface area (Å²) in [7, 11) is 0. The molecule has 1 aromatic carbocycles. The molecule has 1 saturated carbocycles. The molecule has 8 heteroatoms. The summed E-state index contributed by atoms with van der Waals surface area (Å²) in [6.45, 7) is 1.27. The summed E-state index contributed by atoms with van der Waals surface area (Å²) in [6.07, 6.45) is 11.7. The largest absolute Gasteiger partial charge is 0.493 e. The van der Waals surface area contributed by atoms with Crippen LogP contribution in [0.4, 0.5) is 5.69 Å². The van der Waals surface area contributed by atoms with Gasteiger partial charge in [-0.2, -0.15) is 0 Å². The summed E-state index contributed by atoms with van der Waals surface area (Å²) in [6, 6.07) is 4.70. The molecule has 0 bridgehead atoms. The summed E-state index contributed by atoms with van der Waals surface area (Å²) in [5, 5.41) is 20.1. The lowest BCUT2D eigenvalue weighted by Gasteiger charge is -2.34. The first-order valence-corrected chi connectivity index (χ1v) is 11.8. The molecule has 1 N–H and O–H groups in total. The van der Waals surface area contributed by atoms with Gasteiger partial charge in [-0.15, -0.1) is 0 Å². The van der Waals surface area contributed by atoms with Crippen molar-refractivity contribution in [3.05, 3.63) is 33.9 Å². The van der Waals surface area contributed by atoms with Crippen molar-refractivity contribution in [2.75, 3.05) is 19.8 Å². The number of carbonyl (C=O) groups is 2. The second-order valence-electron chi connectivity index (χ2n) is 8.39. The van der Waals surface area contributed by atoms with E-state index in [9.17, 15) is 19.7 Å². The maximum Gasteiger partial charge on any atom is 0.283 e. The van der Waals surface area contributed by atoms with Gasteiger partial charge in [-0.05, 0) is 44.6 Å². The van der Waals surface area contributed by atoms with Gasteiger partial charge in [-0.1, -0.05) is 38.2 Å². The maximum atomic E-state index is 12.8. The number of hydrogen-bond donors (Lipinski definition) is 1. The number of ether oxygens (including phenoxy) is 1. The van der Waals surface area contributed by atoms with Gasteiger partial charge in [0.1, 0.15) is 11.3 Å². The lowest BCUT2D eigenvalue weighted by Crippen LogP contribution is -2.42. The molecule has 1 aliphatic carbocycles. The number of amides is 1. The number of hydrogen-bond acceptors (Lipinski definition) is 6. The standard InChI is InChI=1S/C24H36N2O6/c27-17-8-7-16-25(20-11-4-3-5-12-20)24(29)15-6-1-2-9-18-32-23-14-10-13-22(26(30)31)21(23)19-28/h10,13-14,19-20,27H,1-9,11-12,15-18H2. The number of unbranched alkanes of at least 4 members (excludes halogenated alkanes) is 4. The van der Waals surface area contributed by atoms with Crippen LogP contribution >= 0.6 is 0 Å². The number of benzene rings is 1. The molecule has 1 aliphatic rings. The predicted molar refractivity (Wildman–Crippen MR) is 122 cm³/mol. The van der Waals surface area contributed by atoms with Gasteiger partial charge in [0.25, 0.3) is 5.69 Å². The Hall–Kier alpha value is -2.48. The van der Waals surface area contributed by atoms with Gasteiger partial charge < -0.3 is 14.7 Å². The topological polar surface area (TPSA) is 110 Å². The van der Waals surface area contributed by atoms with Crippen molar-refractivity contribution in [1.29, 1.82) is 0 Å². The molecule has 8 nitrogen and oxygen atoms in total. The smallest absolute Gasteiger partial charge is 0.283 e. The molecule has 2 rings (SSSR count). The molecule has 0 spiro atoms. The number of aldehydes is 1. The van der Waals surface area contributed by atoms with Gasteiger partial charge in [0.05, 0.1) is 11.5 Å². The van der Waals surface area contributed by atoms with Gasteiger partial charge in [-0.25, -0.2) is 0 Å². The summed E-state index contributed by atoms with van der Waals surface area (Å²) >= 11 is 0. The van der Waals surface area contributed by atoms with Crippen molar-refractivity contribution in [2.24, 2.45) is 0 Å². The van der Waals surface area contributed by atoms with E-state index in [1.165, 1.54) is 31.4 Å². The van der Waals surface area contributed by atoms with E-state index in [1.807, 2.05) is 0 Å². The van der Waals surface area contributed by atoms with Gasteiger partial charge in [0.2, 0.25) is 5.91 Å². The Morgan fingerprint density at radius 3 is 2.56 bits per heavy atom. The van der Waals surface area contributed by atoms with Crippen LogP contribution in [0.15, 0.2) is 18.2 Å². The van der Waals surface area contributed by atoms with E-state index in [2.05, 4.69) is 4.90 Å². The molecule has 32 heavy (non-hydrogen) atoms. The lowest BCUT2D eigenvalue weighted by molar-refractivity contribution is -0.385. The molecule has 0 unspecified atom stereocenters. The summed E-state index contributed by atoms with van der Waals surface area (Å²) in [5.41, 5.74) is -0.287. The SMILES string of the molecule is O=Cc1c(OCCCCCCC(=O)N(CCCCO)C2CCCCC2)cccc1[N+](=O)[O-]. The molecule has 0 aliphatic heterocycles. The number of aliphatic hydroxyl groups is 1. The quantitative estimate of drug-likeness (QED) is 0.181. The molecule has 0 atom stereocenters. The summed E-state index contributed by atoms with van der Waals surface area (Å²) < 4.78 is 5.59. The molecule has 0 saturated heterocycles. The zero-order chi connectivity index (χ0) is 23.2. The molecule has 0 heterocycles. The molecule has 0 radical (unpaired) electrons. The average molecular weight is 449 g/mol. The van der Waals surface area contributed by atoms with Gasteiger partial charge >= 0.3 is 0 Å². The minimum atomic E-state index is -0.589. The zero-order valence-electron chi connectivity index (χ0n) is 18.9. The Kier molecular flexibility index (Phi) is 11.7. The Morgan fingerprint density at radius 1 is 1.12 bits per heavy atom. The molecule has 1 amide bonds. The van der Waals surface area contributed by atoms with E-state index in [-0.39, 0.29) is 29.5 Å². The fourth-order valence-corrected chi connectivity index (χ4v) is 4.29. The predicted octanol–water partition coefficient (Wildman–Crippen LogP) is 4.67. The van der Waals surface area contributed by atoms with Crippen LogP contribution in [0.25, 0.3) is 0 Å². The molecule has 0 aromatic heterocycles. The Bertz CT molecular complexity index is 733. The first-order valence-electron chi connectivity index (χ1n) is 11.8. The molecular weight excluding hydrogens is 412 g/mol. The van der Waals surface area contributed by atoms with Gasteiger partial charge in [-0.3, -0.25) is 19.7 Å². The summed E-state index contributed by atoms with van der Waals surface area (Å²) in [4.78, 5) is 36.5. The van der Waals surface area contributed by atoms with Crippen LogP contribution < -0.4 is 4.74 Å². The van der Waals surface area contributed by atoms with E-state index in [4.69, 9.17) is 9.84 Å². The van der Waals surface area contributed by atoms with Crippen LogP contribution in [0, 0.1) is 10.1 Å². The fraction of sp³-hybridized carbons (Fsp3) is 0.667. The van der Waals surface area contributed by atoms with Crippen molar-refractivity contribution in [3.8, 4) is 5.75 Å². The average Bonchev–Trinajstić information content (AvgIpc) is 2.81. The number of rotatable bonds is 15. The van der Waals surface area contributed by atoms with Gasteiger partial charge in [0, 0.05) is 31.7 Å². The number of carbonyl (C=O) groups excluding carboxylic acids is 2. The highest BCUT2D eigenvalue weighted by atomic mass is 16.6. The first-order chi connectivity index (χ1) is 15.6. The molecule has 1 fully saturated rings. The monoisotopic (exact) mass is 448 g/mol. The third kappa shape index (κ3) is 8.22. The molecule has 1 aromatic rings. The molecular formula is C24H36N2O6. The highest BCUT2D eigenvalue weighted by molar-refractivity contribution is 5.85. The van der Waals surface area contributed by atoms with Crippen molar-refractivity contribution < 1.29 is 24.4 Å². The van der Waals surface area contributed by atoms with Crippen LogP contribution in [0.1, 0.15) is 87.4 Å². The van der Waals surface area contributed by atoms with Crippen molar-refractivity contribution in [2.45, 2.75) is 83.1 Å². The summed E-state index contributed by atoms with van der Waals surface area (Å²) in [5.74, 6) is 0.452. The number of nitro benzene ring substituents is 1. The highest BCUT2D eigenvalue weighted by Gasteiger charge is 2.24. The Labute approximate surface area is 190 Å². The zero-order valence-corrected chi connectivity index (χ0v) is 18.9. The minimum Gasteiger partial charge on any atom is -0.493 e. The van der Waals surface area contributed by atoms with E-state index >= 15 is 0 Å². The van der Waals surface area contributed by atoms with Gasteiger partial charge in [0.15, 0.2) is 6.29 Å². The van der Waals surface area contributed by atoms with Crippen molar-refractivity contribution in [3.63, 3.8) is 0 Å². The normalized spacial score (nSPS) is 14.2. The van der Waals surface area contributed by atoms with E-state index in [1.54, 1.807) is 6.07 Å². The Balaban J connectivity index is 1.70. The highest BCUT2D eigenvalue weighted by Crippen LogP contribution is 2.27. The van der Waals surface area contributed by atoms with E-state index in [0.29, 0.717) is 25.4 Å². The van der Waals surface area contributed by atoms with Crippen LogP contribution in [0.2, 0.25) is 0 Å². The maximum absolute atomic E-state index is 12.8. The van der Waals surface area contributed by atoms with E-state index < -0.39 is 4.92 Å². The number of aliphatic hydroxyl groups excluding tert-OH is 1. The molecule has 178 valence electrons. The second-order valence-corrected chi connectivity index (χ2v) is 8.39. The Morgan fingerprint density at radius 2 is 1.88 bits per heavy atom. The third-order valence-electron chi connectivity index (χ3n) is 6.04. The van der Waals surface area contributed by atoms with Crippen LogP contribution in [0.5, 0.6) is 5.75 Å². The first kappa shape index (κ1) is 25.8. The van der Waals surface area contributed by atoms with E-state index in [0.717, 1.165) is 57.9 Å². The third-order valence-corrected chi connectivity index (χ3v) is 6.04. The van der Waals surface area contributed by atoms with Crippen LogP contribution in [0.3, 0.4) is 0 Å². The fourth-order valence-electron chi connectivity index (χ4n) is 4.29. The van der Waals surface area contributed by atoms with Crippen LogP contribution in [-0.2, 0) is 4.79 Å². The number of nitro groups is 1. The van der Waals surface area contributed by atoms with Crippen LogP contribution in [-0.4, -0.2) is 52.9 Å². The second kappa shape index (κ2) is 14.6. The minimum absolute atomic E-state index is 0.0351. The lowest BCUT2D eigenvalue weighted by atomic mass is 9.93.